The van der Waals surface area contributed by atoms with Crippen LogP contribution in [0.15, 0.2) is 0 Å². The number of aliphatic hydroxyl groups is 1. The lowest BCUT2D eigenvalue weighted by Crippen LogP contribution is -2.30. The van der Waals surface area contributed by atoms with Crippen LogP contribution in [0.4, 0.5) is 0 Å². The average molecular weight is 1170 g/mol. The van der Waals surface area contributed by atoms with Crippen molar-refractivity contribution >= 4 is 39.5 Å². The number of hydrogen-bond acceptors (Lipinski definition) is 15. The Bertz CT molecular complexity index is 1550. The van der Waals surface area contributed by atoms with Crippen LogP contribution in [0.5, 0.6) is 0 Å². The van der Waals surface area contributed by atoms with E-state index in [9.17, 15) is 43.2 Å². The summed E-state index contributed by atoms with van der Waals surface area (Å²) in [4.78, 5) is 71.6. The van der Waals surface area contributed by atoms with Gasteiger partial charge in [0.25, 0.3) is 0 Å². The molecule has 0 saturated carbocycles. The molecule has 0 aromatic heterocycles. The molecule has 0 rings (SSSR count). The van der Waals surface area contributed by atoms with Gasteiger partial charge in [0.2, 0.25) is 0 Å². The third kappa shape index (κ3) is 55.0. The number of carbonyl (C=O) groups is 4. The van der Waals surface area contributed by atoms with E-state index in [1.165, 1.54) is 103 Å². The standard InChI is InChI=1S/C60H116O17P2/c1-6-9-12-15-17-25-30-34-39-44-58(63)71-50-56(77-60(65)46-41-36-31-27-24-22-20-18-19-21-23-26-29-33-37-42-53(4)5)52-75-79(68,69)73-48-54(61)47-72-78(66,67)74-51-55(49-70-57(62)43-38-32-14-11-8-3)76-59(64)45-40-35-28-16-13-10-7-2/h53-56,61H,6-52H2,1-5H3,(H,66,67)(H,68,69)/t54-,55+,56+/m0/s1. The minimum Gasteiger partial charge on any atom is -0.462 e. The molecule has 0 aromatic rings. The van der Waals surface area contributed by atoms with Gasteiger partial charge in [-0.2, -0.15) is 0 Å². The first-order chi connectivity index (χ1) is 38.0. The second kappa shape index (κ2) is 54.0. The van der Waals surface area contributed by atoms with Gasteiger partial charge < -0.3 is 33.8 Å². The number of phosphoric acid groups is 2. The molecule has 0 fully saturated rings. The van der Waals surface area contributed by atoms with Gasteiger partial charge in [0.15, 0.2) is 12.2 Å². The first-order valence-corrected chi connectivity index (χ1v) is 34.6. The average Bonchev–Trinajstić information content (AvgIpc) is 3.41. The van der Waals surface area contributed by atoms with Crippen LogP contribution < -0.4 is 0 Å². The van der Waals surface area contributed by atoms with Crippen LogP contribution in [0, 0.1) is 5.92 Å². The van der Waals surface area contributed by atoms with E-state index >= 15 is 0 Å². The first kappa shape index (κ1) is 77.1. The number of esters is 4. The zero-order valence-corrected chi connectivity index (χ0v) is 52.3. The van der Waals surface area contributed by atoms with Gasteiger partial charge in [0.1, 0.15) is 19.3 Å². The third-order valence-electron chi connectivity index (χ3n) is 13.8. The molecule has 17 nitrogen and oxygen atoms in total. The quantitative estimate of drug-likeness (QED) is 0.0222. The molecule has 79 heavy (non-hydrogen) atoms. The highest BCUT2D eigenvalue weighted by Gasteiger charge is 2.30. The maximum Gasteiger partial charge on any atom is 0.472 e. The summed E-state index contributed by atoms with van der Waals surface area (Å²) < 4.78 is 67.5. The third-order valence-corrected chi connectivity index (χ3v) is 15.7. The molecule has 0 spiro atoms. The number of phosphoric ester groups is 2. The Morgan fingerprint density at radius 2 is 0.582 bits per heavy atom. The Labute approximate surface area is 479 Å². The van der Waals surface area contributed by atoms with Crippen molar-refractivity contribution in [2.24, 2.45) is 5.92 Å². The summed E-state index contributed by atoms with van der Waals surface area (Å²) in [7, 11) is -9.86. The highest BCUT2D eigenvalue weighted by molar-refractivity contribution is 7.47. The molecule has 0 aliphatic heterocycles. The number of unbranched alkanes of at least 4 members (excludes halogenated alkanes) is 32. The molecule has 0 aromatic carbocycles. The monoisotopic (exact) mass is 1170 g/mol. The van der Waals surface area contributed by atoms with Crippen molar-refractivity contribution in [3.63, 3.8) is 0 Å². The number of carbonyl (C=O) groups excluding carboxylic acids is 4. The zero-order valence-electron chi connectivity index (χ0n) is 50.5. The summed E-state index contributed by atoms with van der Waals surface area (Å²) in [6.45, 7) is 7.04. The van der Waals surface area contributed by atoms with Gasteiger partial charge in [-0.1, -0.05) is 247 Å². The Kier molecular flexibility index (Phi) is 52.7. The largest absolute Gasteiger partial charge is 0.472 e. The molecule has 0 radical (unpaired) electrons. The van der Waals surface area contributed by atoms with Crippen LogP contribution in [0.1, 0.15) is 298 Å². The van der Waals surface area contributed by atoms with E-state index < -0.39 is 97.5 Å². The van der Waals surface area contributed by atoms with Crippen molar-refractivity contribution in [1.82, 2.24) is 0 Å². The Hall–Kier alpha value is -1.94. The van der Waals surface area contributed by atoms with Crippen molar-refractivity contribution < 1.29 is 80.2 Å². The SMILES string of the molecule is CCCCCCCCCCCC(=O)OC[C@H](COP(=O)(O)OC[C@@H](O)COP(=O)(O)OC[C@@H](COC(=O)CCCCCCC)OC(=O)CCCCCCCCC)OC(=O)CCCCCCCCCCCCCCCCCC(C)C. The van der Waals surface area contributed by atoms with Crippen LogP contribution in [-0.4, -0.2) is 96.7 Å². The van der Waals surface area contributed by atoms with Crippen molar-refractivity contribution in [1.29, 1.82) is 0 Å². The maximum absolute atomic E-state index is 12.9. The van der Waals surface area contributed by atoms with Crippen molar-refractivity contribution in [3.05, 3.63) is 0 Å². The van der Waals surface area contributed by atoms with Crippen LogP contribution in [-0.2, 0) is 65.4 Å². The molecule has 5 atom stereocenters. The minimum absolute atomic E-state index is 0.103. The first-order valence-electron chi connectivity index (χ1n) is 31.6. The lowest BCUT2D eigenvalue weighted by atomic mass is 10.0. The smallest absolute Gasteiger partial charge is 0.462 e. The van der Waals surface area contributed by atoms with E-state index in [1.54, 1.807) is 0 Å². The molecule has 0 heterocycles. The van der Waals surface area contributed by atoms with Crippen LogP contribution in [0.25, 0.3) is 0 Å². The Morgan fingerprint density at radius 1 is 0.342 bits per heavy atom. The summed E-state index contributed by atoms with van der Waals surface area (Å²) >= 11 is 0. The van der Waals surface area contributed by atoms with E-state index in [4.69, 9.17) is 37.0 Å². The summed E-state index contributed by atoms with van der Waals surface area (Å²) in [6.07, 6.45) is 36.8. The number of rotatable bonds is 60. The highest BCUT2D eigenvalue weighted by atomic mass is 31.2. The summed E-state index contributed by atoms with van der Waals surface area (Å²) in [5.41, 5.74) is 0. The van der Waals surface area contributed by atoms with Gasteiger partial charge >= 0.3 is 39.5 Å². The fraction of sp³-hybridized carbons (Fsp3) is 0.933. The lowest BCUT2D eigenvalue weighted by Gasteiger charge is -2.21. The highest BCUT2D eigenvalue weighted by Crippen LogP contribution is 2.45. The predicted octanol–water partition coefficient (Wildman–Crippen LogP) is 16.2. The van der Waals surface area contributed by atoms with Gasteiger partial charge in [0.05, 0.1) is 26.4 Å². The molecule has 2 unspecified atom stereocenters. The minimum atomic E-state index is -4.94. The Morgan fingerprint density at radius 3 is 0.861 bits per heavy atom. The normalized spacial score (nSPS) is 14.3. The Balaban J connectivity index is 5.09. The van der Waals surface area contributed by atoms with Crippen LogP contribution >= 0.6 is 15.6 Å². The fourth-order valence-electron chi connectivity index (χ4n) is 8.88. The molecule has 0 aliphatic rings. The second-order valence-corrected chi connectivity index (χ2v) is 25.1. The molecule has 0 aliphatic carbocycles. The molecular weight excluding hydrogens is 1050 g/mol. The molecular formula is C60H116O17P2. The predicted molar refractivity (Wildman–Crippen MR) is 312 cm³/mol. The number of hydrogen-bond donors (Lipinski definition) is 3. The van der Waals surface area contributed by atoms with E-state index in [1.807, 2.05) is 0 Å². The zero-order chi connectivity index (χ0) is 58.5. The fourth-order valence-corrected chi connectivity index (χ4v) is 10.5. The molecule has 0 saturated heterocycles. The van der Waals surface area contributed by atoms with E-state index in [0.717, 1.165) is 115 Å². The topological polar surface area (TPSA) is 237 Å². The van der Waals surface area contributed by atoms with E-state index in [2.05, 4.69) is 34.6 Å². The maximum atomic E-state index is 12.9. The van der Waals surface area contributed by atoms with E-state index in [0.29, 0.717) is 25.7 Å². The number of aliphatic hydroxyl groups excluding tert-OH is 1. The van der Waals surface area contributed by atoms with Crippen molar-refractivity contribution in [3.8, 4) is 0 Å². The molecule has 468 valence electrons. The van der Waals surface area contributed by atoms with Crippen LogP contribution in [0.2, 0.25) is 0 Å². The van der Waals surface area contributed by atoms with Crippen LogP contribution in [0.3, 0.4) is 0 Å². The van der Waals surface area contributed by atoms with Gasteiger partial charge in [-0.25, -0.2) is 9.13 Å². The molecule has 19 heteroatoms. The van der Waals surface area contributed by atoms with Crippen molar-refractivity contribution in [2.75, 3.05) is 39.6 Å². The van der Waals surface area contributed by atoms with E-state index in [-0.39, 0.29) is 25.7 Å². The van der Waals surface area contributed by atoms with Gasteiger partial charge in [-0.15, -0.1) is 0 Å². The lowest BCUT2D eigenvalue weighted by molar-refractivity contribution is -0.161. The van der Waals surface area contributed by atoms with Crippen molar-refractivity contribution in [2.45, 2.75) is 316 Å². The summed E-state index contributed by atoms with van der Waals surface area (Å²) in [5.74, 6) is -1.35. The summed E-state index contributed by atoms with van der Waals surface area (Å²) in [6, 6.07) is 0. The van der Waals surface area contributed by atoms with Gasteiger partial charge in [-0.3, -0.25) is 37.3 Å². The summed E-state index contributed by atoms with van der Waals surface area (Å²) in [5, 5.41) is 10.5. The molecule has 3 N–H and O–H groups in total. The number of ether oxygens (including phenoxy) is 4. The van der Waals surface area contributed by atoms with Gasteiger partial charge in [0, 0.05) is 25.7 Å². The molecule has 0 bridgehead atoms. The van der Waals surface area contributed by atoms with Gasteiger partial charge in [-0.05, 0) is 31.6 Å². The second-order valence-electron chi connectivity index (χ2n) is 22.2. The molecule has 0 amide bonds.